The van der Waals surface area contributed by atoms with Gasteiger partial charge in [-0.1, -0.05) is 29.8 Å². The van der Waals surface area contributed by atoms with Crippen molar-refractivity contribution in [2.75, 3.05) is 20.3 Å². The van der Waals surface area contributed by atoms with Gasteiger partial charge < -0.3 is 30.0 Å². The van der Waals surface area contributed by atoms with Crippen molar-refractivity contribution in [2.45, 2.75) is 51.3 Å². The maximum Gasteiger partial charge on any atom is 0.163 e. The Bertz CT molecular complexity index is 1540. The monoisotopic (exact) mass is 529 g/mol. The number of pyridine rings is 1. The normalized spacial score (nSPS) is 18.0. The van der Waals surface area contributed by atoms with E-state index in [1.54, 1.807) is 20.1 Å². The number of Topliss-reactive ketones (excluding diaryl/α,β-unsaturated/α-hetero) is 1. The Labute approximate surface area is 228 Å². The van der Waals surface area contributed by atoms with Crippen LogP contribution in [0.2, 0.25) is 0 Å². The lowest BCUT2D eigenvalue weighted by Gasteiger charge is -2.25. The number of carbonyl (C=O) groups is 1. The number of aliphatic hydroxyl groups is 2. The number of carbonyl (C=O) groups excluding carboxylic acids is 1. The summed E-state index contributed by atoms with van der Waals surface area (Å²) in [6.45, 7) is 6.35. The first-order valence-electron chi connectivity index (χ1n) is 13.1. The molecule has 39 heavy (non-hydrogen) atoms. The molecule has 0 aliphatic carbocycles. The Morgan fingerprint density at radius 3 is 2.67 bits per heavy atom. The van der Waals surface area contributed by atoms with Crippen molar-refractivity contribution in [1.29, 1.82) is 0 Å². The minimum Gasteiger partial charge on any atom is -0.495 e. The van der Waals surface area contributed by atoms with E-state index >= 15 is 0 Å². The summed E-state index contributed by atoms with van der Waals surface area (Å²) in [5, 5.41) is 21.8. The molecular weight excluding hydrogens is 494 g/mol. The summed E-state index contributed by atoms with van der Waals surface area (Å²) in [7, 11) is 1.56. The van der Waals surface area contributed by atoms with Crippen molar-refractivity contribution in [2.24, 2.45) is 5.73 Å². The van der Waals surface area contributed by atoms with E-state index in [0.717, 1.165) is 27.6 Å². The third-order valence-corrected chi connectivity index (χ3v) is 7.53. The van der Waals surface area contributed by atoms with Crippen LogP contribution in [-0.2, 0) is 17.7 Å². The van der Waals surface area contributed by atoms with Crippen molar-refractivity contribution >= 4 is 16.7 Å². The van der Waals surface area contributed by atoms with Crippen molar-refractivity contribution in [3.63, 3.8) is 0 Å². The number of methoxy groups -OCH3 is 1. The molecule has 0 radical (unpaired) electrons. The van der Waals surface area contributed by atoms with Crippen LogP contribution in [0.4, 0.5) is 0 Å². The number of hydrogen-bond acceptors (Lipinski definition) is 7. The highest BCUT2D eigenvalue weighted by molar-refractivity contribution is 6.01. The lowest BCUT2D eigenvalue weighted by molar-refractivity contribution is 0.0396. The zero-order chi connectivity index (χ0) is 27.9. The Balaban J connectivity index is 1.44. The molecule has 8 heteroatoms. The van der Waals surface area contributed by atoms with Crippen molar-refractivity contribution in [3.8, 4) is 22.8 Å². The molecule has 1 aliphatic rings. The maximum atomic E-state index is 13.3. The minimum absolute atomic E-state index is 0.000484. The first kappa shape index (κ1) is 26.9. The number of aromatic nitrogens is 2. The summed E-state index contributed by atoms with van der Waals surface area (Å²) < 4.78 is 13.4. The van der Waals surface area contributed by atoms with Crippen LogP contribution in [0.3, 0.4) is 0 Å². The van der Waals surface area contributed by atoms with Gasteiger partial charge in [-0.3, -0.25) is 4.79 Å². The number of benzene rings is 2. The topological polar surface area (TPSA) is 120 Å². The van der Waals surface area contributed by atoms with Crippen LogP contribution in [0, 0.1) is 6.92 Å². The predicted molar refractivity (Wildman–Crippen MR) is 150 cm³/mol. The number of nitrogens with two attached hydrogens (primary N) is 1. The van der Waals surface area contributed by atoms with E-state index in [0.29, 0.717) is 41.6 Å². The molecule has 0 saturated heterocycles. The van der Waals surface area contributed by atoms with Gasteiger partial charge in [-0.25, -0.2) is 4.98 Å². The van der Waals surface area contributed by atoms with Crippen LogP contribution in [0.5, 0.6) is 11.5 Å². The molecule has 8 nitrogen and oxygen atoms in total. The Morgan fingerprint density at radius 2 is 1.97 bits per heavy atom. The number of nitrogens with zero attached hydrogens (tertiary/aromatic N) is 2. The molecule has 5 rings (SSSR count). The lowest BCUT2D eigenvalue weighted by atomic mass is 9.88. The quantitative estimate of drug-likeness (QED) is 0.274. The van der Waals surface area contributed by atoms with E-state index in [1.807, 2.05) is 67.1 Å². The minimum atomic E-state index is -1.39. The molecule has 2 atom stereocenters. The number of rotatable bonds is 9. The molecule has 0 fully saturated rings. The van der Waals surface area contributed by atoms with E-state index in [2.05, 4.69) is 0 Å². The van der Waals surface area contributed by atoms with Gasteiger partial charge in [0.25, 0.3) is 0 Å². The average molecular weight is 530 g/mol. The van der Waals surface area contributed by atoms with E-state index in [4.69, 9.17) is 20.2 Å². The molecule has 2 aromatic carbocycles. The van der Waals surface area contributed by atoms with Crippen molar-refractivity contribution < 1.29 is 24.5 Å². The fourth-order valence-corrected chi connectivity index (χ4v) is 5.14. The molecule has 2 aromatic heterocycles. The SMILES string of the molecule is COc1cc(C(=O)CCC(C)(O)c2cc3c(c(-c4ccc(C)cc4)n2)OCC3(C)N)cc2ccn(CCO)c12. The molecule has 0 bridgehead atoms. The third kappa shape index (κ3) is 5.03. The second-order valence-electron chi connectivity index (χ2n) is 10.9. The number of ether oxygens (including phenoxy) is 2. The summed E-state index contributed by atoms with van der Waals surface area (Å²) in [5.74, 6) is 1.08. The highest BCUT2D eigenvalue weighted by atomic mass is 16.5. The molecule has 0 spiro atoms. The first-order chi connectivity index (χ1) is 18.5. The molecule has 3 heterocycles. The molecule has 204 valence electrons. The summed E-state index contributed by atoms with van der Waals surface area (Å²) in [6, 6.07) is 15.2. The van der Waals surface area contributed by atoms with Gasteiger partial charge in [-0.05, 0) is 51.5 Å². The molecule has 2 unspecified atom stereocenters. The van der Waals surface area contributed by atoms with Gasteiger partial charge in [0.2, 0.25) is 0 Å². The molecule has 0 amide bonds. The zero-order valence-electron chi connectivity index (χ0n) is 22.8. The average Bonchev–Trinajstić information content (AvgIpc) is 3.47. The summed E-state index contributed by atoms with van der Waals surface area (Å²) in [5.41, 5.74) is 9.63. The number of fused-ring (bicyclic) bond motifs is 2. The standard InChI is InChI=1S/C31H35N3O5/c1-19-5-7-20(8-6-19)27-29-23(30(2,32)18-39-29)17-26(33-27)31(3,37)11-9-24(36)22-15-21-10-12-34(13-14-35)28(21)25(16-22)38-4/h5-8,10,12,15-17,35,37H,9,11,13-14,18,32H2,1-4H3. The fraction of sp³-hybridized carbons (Fsp3) is 0.355. The maximum absolute atomic E-state index is 13.3. The van der Waals surface area contributed by atoms with Crippen LogP contribution in [0.25, 0.3) is 22.2 Å². The Morgan fingerprint density at radius 1 is 1.23 bits per heavy atom. The second kappa shape index (κ2) is 10.1. The van der Waals surface area contributed by atoms with Crippen LogP contribution < -0.4 is 15.2 Å². The Kier molecular flexibility index (Phi) is 6.97. The molecule has 4 N–H and O–H groups in total. The van der Waals surface area contributed by atoms with Gasteiger partial charge in [0.15, 0.2) is 11.5 Å². The second-order valence-corrected chi connectivity index (χ2v) is 10.9. The summed E-state index contributed by atoms with van der Waals surface area (Å²) >= 11 is 0. The van der Waals surface area contributed by atoms with E-state index < -0.39 is 11.1 Å². The highest BCUT2D eigenvalue weighted by Gasteiger charge is 2.38. The van der Waals surface area contributed by atoms with E-state index in [-0.39, 0.29) is 25.2 Å². The fourth-order valence-electron chi connectivity index (χ4n) is 5.14. The number of hydrogen-bond donors (Lipinski definition) is 3. The highest BCUT2D eigenvalue weighted by Crippen LogP contribution is 2.44. The van der Waals surface area contributed by atoms with Crippen LogP contribution in [-0.4, -0.2) is 45.9 Å². The smallest absolute Gasteiger partial charge is 0.163 e. The van der Waals surface area contributed by atoms with Gasteiger partial charge >= 0.3 is 0 Å². The van der Waals surface area contributed by atoms with Crippen LogP contribution in [0.15, 0.2) is 54.7 Å². The van der Waals surface area contributed by atoms with E-state index in [1.165, 1.54) is 0 Å². The molecular formula is C31H35N3O5. The van der Waals surface area contributed by atoms with Crippen molar-refractivity contribution in [3.05, 3.63) is 77.1 Å². The Hall–Kier alpha value is -3.72. The van der Waals surface area contributed by atoms with Crippen molar-refractivity contribution in [1.82, 2.24) is 9.55 Å². The predicted octanol–water partition coefficient (Wildman–Crippen LogP) is 4.45. The third-order valence-electron chi connectivity index (χ3n) is 7.53. The summed E-state index contributed by atoms with van der Waals surface area (Å²) in [4.78, 5) is 18.1. The molecule has 1 aliphatic heterocycles. The van der Waals surface area contributed by atoms with Crippen LogP contribution in [0.1, 0.15) is 53.9 Å². The zero-order valence-corrected chi connectivity index (χ0v) is 22.8. The molecule has 0 saturated carbocycles. The van der Waals surface area contributed by atoms with Gasteiger partial charge in [-0.15, -0.1) is 0 Å². The lowest BCUT2D eigenvalue weighted by Crippen LogP contribution is -2.35. The van der Waals surface area contributed by atoms with E-state index in [9.17, 15) is 15.0 Å². The van der Waals surface area contributed by atoms with Gasteiger partial charge in [0.05, 0.1) is 30.5 Å². The number of ketones is 1. The summed E-state index contributed by atoms with van der Waals surface area (Å²) in [6.07, 6.45) is 2.13. The van der Waals surface area contributed by atoms with Crippen LogP contribution >= 0.6 is 0 Å². The van der Waals surface area contributed by atoms with Gasteiger partial charge in [0, 0.05) is 41.2 Å². The number of aliphatic hydroxyl groups excluding tert-OH is 1. The van der Waals surface area contributed by atoms with Gasteiger partial charge in [0.1, 0.15) is 23.7 Å². The number of aryl methyl sites for hydroxylation is 1. The molecule has 4 aromatic rings. The largest absolute Gasteiger partial charge is 0.495 e. The van der Waals surface area contributed by atoms with Gasteiger partial charge in [-0.2, -0.15) is 0 Å². The first-order valence-corrected chi connectivity index (χ1v) is 13.1.